The minimum Gasteiger partial charge on any atom is -0.342 e. The molecule has 0 spiro atoms. The lowest BCUT2D eigenvalue weighted by molar-refractivity contribution is -0.151. The van der Waals surface area contributed by atoms with Gasteiger partial charge in [0.25, 0.3) is 0 Å². The molecule has 4 nitrogen and oxygen atoms in total. The molecule has 1 aliphatic heterocycles. The van der Waals surface area contributed by atoms with Crippen molar-refractivity contribution in [3.63, 3.8) is 0 Å². The van der Waals surface area contributed by atoms with Gasteiger partial charge in [-0.25, -0.2) is 0 Å². The van der Waals surface area contributed by atoms with Crippen LogP contribution in [0.25, 0.3) is 0 Å². The molecule has 134 valence electrons. The average Bonchev–Trinajstić information content (AvgIpc) is 2.46. The molecule has 0 saturated carbocycles. The summed E-state index contributed by atoms with van der Waals surface area (Å²) in [6, 6.07) is 0. The summed E-state index contributed by atoms with van der Waals surface area (Å²) in [4.78, 5) is 27.8. The predicted octanol–water partition coefficient (Wildman–Crippen LogP) is 3.90. The van der Waals surface area contributed by atoms with Gasteiger partial charge in [0, 0.05) is 26.1 Å². The summed E-state index contributed by atoms with van der Waals surface area (Å²) >= 11 is 0. The van der Waals surface area contributed by atoms with Crippen LogP contribution in [0.1, 0.15) is 67.2 Å². The molecule has 5 heteroatoms. The summed E-state index contributed by atoms with van der Waals surface area (Å²) in [6.07, 6.45) is 2.99. The monoisotopic (exact) mass is 342 g/mol. The zero-order valence-corrected chi connectivity index (χ0v) is 16.8. The number of piperidine rings is 1. The molecule has 1 rings (SSSR count). The minimum absolute atomic E-state index is 0.163. The molecule has 0 aromatic rings. The molecule has 0 aliphatic carbocycles. The highest BCUT2D eigenvalue weighted by Gasteiger charge is 2.45. The van der Waals surface area contributed by atoms with Crippen molar-refractivity contribution in [3.8, 4) is 0 Å². The molecule has 1 saturated heterocycles. The van der Waals surface area contributed by atoms with E-state index >= 15 is 0 Å². The van der Waals surface area contributed by atoms with Gasteiger partial charge in [0.1, 0.15) is 0 Å². The molecule has 0 bridgehead atoms. The number of carbonyl (C=O) groups is 2. The molecule has 1 fully saturated rings. The number of rotatable bonds is 8. The van der Waals surface area contributed by atoms with Crippen LogP contribution in [-0.4, -0.2) is 46.7 Å². The third-order valence-electron chi connectivity index (χ3n) is 4.45. The van der Waals surface area contributed by atoms with Gasteiger partial charge in [0.15, 0.2) is 0 Å². The first kappa shape index (κ1) is 20.4. The van der Waals surface area contributed by atoms with Crippen molar-refractivity contribution in [2.75, 3.05) is 19.6 Å². The first-order valence-corrected chi connectivity index (χ1v) is 10.1. The third-order valence-corrected chi connectivity index (χ3v) is 5.79. The second-order valence-electron chi connectivity index (χ2n) is 7.52. The first-order valence-electron chi connectivity index (χ1n) is 9.11. The SMILES string of the molecule is CCCC1(C(=O)N(CC)PC(C)C)CCN(CC(C)C)C(=O)C1. The highest BCUT2D eigenvalue weighted by molar-refractivity contribution is 7.37. The Morgan fingerprint density at radius 1 is 1.30 bits per heavy atom. The van der Waals surface area contributed by atoms with Crippen molar-refractivity contribution >= 4 is 20.5 Å². The fraction of sp³-hybridized carbons (Fsp3) is 0.889. The summed E-state index contributed by atoms with van der Waals surface area (Å²) in [5, 5.41) is 0. The number of carbonyl (C=O) groups excluding carboxylic acids is 2. The normalized spacial score (nSPS) is 22.6. The Morgan fingerprint density at radius 2 is 1.96 bits per heavy atom. The van der Waals surface area contributed by atoms with Crippen LogP contribution in [0.2, 0.25) is 0 Å². The van der Waals surface area contributed by atoms with E-state index in [0.29, 0.717) is 26.7 Å². The van der Waals surface area contributed by atoms with E-state index < -0.39 is 5.41 Å². The Morgan fingerprint density at radius 3 is 2.39 bits per heavy atom. The Kier molecular flexibility index (Phi) is 8.00. The fourth-order valence-corrected chi connectivity index (χ4v) is 4.63. The van der Waals surface area contributed by atoms with Crippen LogP contribution in [0, 0.1) is 11.3 Å². The Labute approximate surface area is 144 Å². The quantitative estimate of drug-likeness (QED) is 0.628. The molecule has 2 amide bonds. The molecule has 0 aromatic heterocycles. The molecule has 2 unspecified atom stereocenters. The van der Waals surface area contributed by atoms with Gasteiger partial charge in [-0.2, -0.15) is 0 Å². The Hall–Kier alpha value is -0.630. The fourth-order valence-electron chi connectivity index (χ4n) is 3.47. The van der Waals surface area contributed by atoms with Crippen molar-refractivity contribution in [2.24, 2.45) is 11.3 Å². The van der Waals surface area contributed by atoms with E-state index in [1.807, 2.05) is 16.5 Å². The highest BCUT2D eigenvalue weighted by Crippen LogP contribution is 2.41. The van der Waals surface area contributed by atoms with E-state index in [2.05, 4.69) is 34.6 Å². The highest BCUT2D eigenvalue weighted by atomic mass is 31.1. The van der Waals surface area contributed by atoms with Gasteiger partial charge >= 0.3 is 0 Å². The van der Waals surface area contributed by atoms with Crippen LogP contribution >= 0.6 is 8.73 Å². The van der Waals surface area contributed by atoms with Crippen LogP contribution in [0.4, 0.5) is 0 Å². The van der Waals surface area contributed by atoms with Gasteiger partial charge in [0.05, 0.1) is 5.41 Å². The van der Waals surface area contributed by atoms with E-state index in [4.69, 9.17) is 0 Å². The van der Waals surface area contributed by atoms with E-state index in [-0.39, 0.29) is 11.8 Å². The van der Waals surface area contributed by atoms with Gasteiger partial charge in [-0.05, 0) is 40.1 Å². The maximum absolute atomic E-state index is 13.2. The smallest absolute Gasteiger partial charge is 0.232 e. The number of hydrogen-bond acceptors (Lipinski definition) is 2. The van der Waals surface area contributed by atoms with Gasteiger partial charge in [-0.1, -0.05) is 41.0 Å². The molecule has 1 heterocycles. The first-order chi connectivity index (χ1) is 10.8. The summed E-state index contributed by atoms with van der Waals surface area (Å²) in [7, 11) is 0.511. The summed E-state index contributed by atoms with van der Waals surface area (Å²) in [5.41, 5.74) is 0.0197. The molecule has 0 radical (unpaired) electrons. The van der Waals surface area contributed by atoms with Crippen molar-refractivity contribution in [2.45, 2.75) is 72.9 Å². The maximum Gasteiger partial charge on any atom is 0.232 e. The number of amides is 2. The molecule has 0 N–H and O–H groups in total. The van der Waals surface area contributed by atoms with Crippen LogP contribution in [0.15, 0.2) is 0 Å². The summed E-state index contributed by atoms with van der Waals surface area (Å²) in [6.45, 7) is 15.0. The Bertz CT molecular complexity index is 412. The zero-order valence-electron chi connectivity index (χ0n) is 15.8. The van der Waals surface area contributed by atoms with Gasteiger partial charge in [-0.3, -0.25) is 9.59 Å². The second-order valence-corrected chi connectivity index (χ2v) is 9.48. The van der Waals surface area contributed by atoms with Crippen molar-refractivity contribution in [3.05, 3.63) is 0 Å². The number of nitrogens with zero attached hydrogens (tertiary/aromatic N) is 2. The summed E-state index contributed by atoms with van der Waals surface area (Å²) in [5.74, 6) is 0.852. The van der Waals surface area contributed by atoms with Crippen molar-refractivity contribution < 1.29 is 9.59 Å². The van der Waals surface area contributed by atoms with Gasteiger partial charge in [0.2, 0.25) is 11.8 Å². The lowest BCUT2D eigenvalue weighted by atomic mass is 9.73. The molecule has 23 heavy (non-hydrogen) atoms. The van der Waals surface area contributed by atoms with E-state index in [9.17, 15) is 9.59 Å². The maximum atomic E-state index is 13.2. The van der Waals surface area contributed by atoms with E-state index in [0.717, 1.165) is 38.9 Å². The predicted molar refractivity (Wildman–Crippen MR) is 98.8 cm³/mol. The number of hydrogen-bond donors (Lipinski definition) is 0. The van der Waals surface area contributed by atoms with E-state index in [1.165, 1.54) is 0 Å². The van der Waals surface area contributed by atoms with Crippen molar-refractivity contribution in [1.29, 1.82) is 0 Å². The third kappa shape index (κ3) is 5.45. The van der Waals surface area contributed by atoms with Crippen LogP contribution < -0.4 is 0 Å². The van der Waals surface area contributed by atoms with Gasteiger partial charge in [-0.15, -0.1) is 0 Å². The van der Waals surface area contributed by atoms with E-state index in [1.54, 1.807) is 0 Å². The lowest BCUT2D eigenvalue weighted by Gasteiger charge is -2.43. The average molecular weight is 342 g/mol. The number of likely N-dealkylation sites (tertiary alicyclic amines) is 1. The molecular weight excluding hydrogens is 307 g/mol. The molecule has 2 atom stereocenters. The molecular formula is C18H35N2O2P. The molecule has 1 aliphatic rings. The summed E-state index contributed by atoms with van der Waals surface area (Å²) < 4.78 is 1.99. The van der Waals surface area contributed by atoms with Gasteiger partial charge < -0.3 is 9.57 Å². The van der Waals surface area contributed by atoms with Crippen LogP contribution in [0.5, 0.6) is 0 Å². The van der Waals surface area contributed by atoms with Crippen molar-refractivity contribution in [1.82, 2.24) is 9.57 Å². The zero-order chi connectivity index (χ0) is 17.6. The lowest BCUT2D eigenvalue weighted by Crippen LogP contribution is -2.51. The Balaban J connectivity index is 2.92. The minimum atomic E-state index is -0.461. The molecule has 0 aromatic carbocycles. The van der Waals surface area contributed by atoms with Crippen LogP contribution in [-0.2, 0) is 9.59 Å². The topological polar surface area (TPSA) is 40.6 Å². The van der Waals surface area contributed by atoms with Crippen LogP contribution in [0.3, 0.4) is 0 Å². The standard InChI is InChI=1S/C18H35N2O2P/c1-7-9-18(17(22)20(8-2)23-15(5)6)10-11-19(13-14(3)4)16(21)12-18/h14-15,23H,7-13H2,1-6H3. The second kappa shape index (κ2) is 9.01. The largest absolute Gasteiger partial charge is 0.342 e.